The number of hydrogen-bond donors (Lipinski definition) is 1. The van der Waals surface area contributed by atoms with Gasteiger partial charge >= 0.3 is 0 Å². The van der Waals surface area contributed by atoms with Crippen molar-refractivity contribution in [1.29, 1.82) is 0 Å². The highest BCUT2D eigenvalue weighted by atomic mass is 15.0. The zero-order valence-corrected chi connectivity index (χ0v) is 11.5. The van der Waals surface area contributed by atoms with Crippen LogP contribution in [-0.4, -0.2) is 12.1 Å². The Kier molecular flexibility index (Phi) is 2.80. The standard InChI is InChI=1S/C17H27N/c1-2-4-13(5-3-1)12-18-17-9-14-6-15(10-17)8-16(7-14)11-17/h1-2,13-16,18H,3-12H2. The molecule has 0 aliphatic heterocycles. The van der Waals surface area contributed by atoms with Crippen molar-refractivity contribution in [2.45, 2.75) is 63.3 Å². The van der Waals surface area contributed by atoms with Gasteiger partial charge in [-0.3, -0.25) is 0 Å². The van der Waals surface area contributed by atoms with Crippen LogP contribution in [0.25, 0.3) is 0 Å². The number of hydrogen-bond acceptors (Lipinski definition) is 1. The Hall–Kier alpha value is -0.300. The van der Waals surface area contributed by atoms with Crippen LogP contribution in [0.4, 0.5) is 0 Å². The van der Waals surface area contributed by atoms with Crippen molar-refractivity contribution in [3.05, 3.63) is 12.2 Å². The molecule has 5 aliphatic carbocycles. The Labute approximate surface area is 111 Å². The van der Waals surface area contributed by atoms with E-state index < -0.39 is 0 Å². The molecule has 1 atom stereocenters. The van der Waals surface area contributed by atoms with Crippen molar-refractivity contribution < 1.29 is 0 Å². The molecule has 1 heteroatoms. The summed E-state index contributed by atoms with van der Waals surface area (Å²) >= 11 is 0. The molecule has 0 amide bonds. The number of allylic oxidation sites excluding steroid dienone is 2. The third kappa shape index (κ3) is 2.05. The van der Waals surface area contributed by atoms with Crippen LogP contribution < -0.4 is 5.32 Å². The van der Waals surface area contributed by atoms with Gasteiger partial charge in [-0.1, -0.05) is 12.2 Å². The molecule has 0 spiro atoms. The van der Waals surface area contributed by atoms with Crippen molar-refractivity contribution in [2.75, 3.05) is 6.54 Å². The zero-order valence-electron chi connectivity index (χ0n) is 11.5. The molecule has 18 heavy (non-hydrogen) atoms. The van der Waals surface area contributed by atoms with Crippen LogP contribution in [-0.2, 0) is 0 Å². The molecular formula is C17H27N. The molecule has 1 unspecified atom stereocenters. The maximum atomic E-state index is 4.06. The summed E-state index contributed by atoms with van der Waals surface area (Å²) in [7, 11) is 0. The molecule has 5 aliphatic rings. The van der Waals surface area contributed by atoms with Crippen molar-refractivity contribution in [1.82, 2.24) is 5.32 Å². The van der Waals surface area contributed by atoms with Gasteiger partial charge in [0, 0.05) is 5.54 Å². The van der Waals surface area contributed by atoms with Crippen LogP contribution in [0.15, 0.2) is 12.2 Å². The van der Waals surface area contributed by atoms with E-state index in [1.807, 2.05) is 0 Å². The van der Waals surface area contributed by atoms with Crippen molar-refractivity contribution in [2.24, 2.45) is 23.7 Å². The average molecular weight is 245 g/mol. The highest BCUT2D eigenvalue weighted by Crippen LogP contribution is 2.55. The second-order valence-electron chi connectivity index (χ2n) is 7.73. The van der Waals surface area contributed by atoms with E-state index in [1.165, 1.54) is 45.1 Å². The Morgan fingerprint density at radius 1 is 0.944 bits per heavy atom. The smallest absolute Gasteiger partial charge is 0.0189 e. The average Bonchev–Trinajstić information content (AvgIpc) is 2.36. The number of rotatable bonds is 3. The molecule has 4 saturated carbocycles. The fraction of sp³-hybridized carbons (Fsp3) is 0.882. The van der Waals surface area contributed by atoms with Crippen molar-refractivity contribution >= 4 is 0 Å². The first-order chi connectivity index (χ1) is 8.81. The van der Waals surface area contributed by atoms with Gasteiger partial charge < -0.3 is 5.32 Å². The third-order valence-corrected chi connectivity index (χ3v) is 6.18. The maximum Gasteiger partial charge on any atom is 0.0189 e. The van der Waals surface area contributed by atoms with E-state index in [0.717, 1.165) is 23.7 Å². The third-order valence-electron chi connectivity index (χ3n) is 6.18. The highest BCUT2D eigenvalue weighted by Gasteiger charge is 2.50. The Morgan fingerprint density at radius 3 is 2.17 bits per heavy atom. The van der Waals surface area contributed by atoms with Gasteiger partial charge in [0.2, 0.25) is 0 Å². The molecule has 0 saturated heterocycles. The fourth-order valence-corrected chi connectivity index (χ4v) is 5.73. The first-order valence-electron chi connectivity index (χ1n) is 8.21. The largest absolute Gasteiger partial charge is 0.311 e. The van der Waals surface area contributed by atoms with Gasteiger partial charge in [0.25, 0.3) is 0 Å². The highest BCUT2D eigenvalue weighted by molar-refractivity contribution is 5.06. The quantitative estimate of drug-likeness (QED) is 0.744. The van der Waals surface area contributed by atoms with Gasteiger partial charge in [0.15, 0.2) is 0 Å². The van der Waals surface area contributed by atoms with Gasteiger partial charge in [0.1, 0.15) is 0 Å². The zero-order chi connectivity index (χ0) is 12.0. The molecule has 0 heterocycles. The van der Waals surface area contributed by atoms with Gasteiger partial charge in [-0.25, -0.2) is 0 Å². The molecule has 4 fully saturated rings. The Balaban J connectivity index is 1.40. The van der Waals surface area contributed by atoms with E-state index in [0.29, 0.717) is 5.54 Å². The minimum absolute atomic E-state index is 0.579. The van der Waals surface area contributed by atoms with Crippen molar-refractivity contribution in [3.8, 4) is 0 Å². The molecular weight excluding hydrogens is 218 g/mol. The Bertz CT molecular complexity index is 308. The first-order valence-corrected chi connectivity index (χ1v) is 8.21. The Morgan fingerprint density at radius 2 is 1.61 bits per heavy atom. The van der Waals surface area contributed by atoms with Crippen LogP contribution in [0, 0.1) is 23.7 Å². The topological polar surface area (TPSA) is 12.0 Å². The summed E-state index contributed by atoms with van der Waals surface area (Å²) in [6, 6.07) is 0. The summed E-state index contributed by atoms with van der Waals surface area (Å²) in [6.45, 7) is 1.29. The molecule has 4 bridgehead atoms. The SMILES string of the molecule is C1=CCC(CNC23CC4CC(CC(C4)C2)C3)CC1. The molecule has 0 aromatic rings. The molecule has 0 radical (unpaired) electrons. The molecule has 1 nitrogen and oxygen atoms in total. The van der Waals surface area contributed by atoms with Gasteiger partial charge in [-0.15, -0.1) is 0 Å². The van der Waals surface area contributed by atoms with Crippen LogP contribution >= 0.6 is 0 Å². The van der Waals surface area contributed by atoms with Gasteiger partial charge in [0.05, 0.1) is 0 Å². The lowest BCUT2D eigenvalue weighted by molar-refractivity contribution is -0.0214. The first kappa shape index (κ1) is 11.5. The monoisotopic (exact) mass is 245 g/mol. The van der Waals surface area contributed by atoms with Crippen LogP contribution in [0.2, 0.25) is 0 Å². The molecule has 0 aromatic heterocycles. The summed E-state index contributed by atoms with van der Waals surface area (Å²) in [6.07, 6.45) is 18.0. The summed E-state index contributed by atoms with van der Waals surface area (Å²) in [5.41, 5.74) is 0.579. The second-order valence-corrected chi connectivity index (χ2v) is 7.73. The predicted octanol–water partition coefficient (Wildman–Crippen LogP) is 3.90. The van der Waals surface area contributed by atoms with E-state index in [-0.39, 0.29) is 0 Å². The predicted molar refractivity (Wildman–Crippen MR) is 75.4 cm³/mol. The van der Waals surface area contributed by atoms with E-state index in [2.05, 4.69) is 17.5 Å². The summed E-state index contributed by atoms with van der Waals surface area (Å²) in [5, 5.41) is 4.06. The van der Waals surface area contributed by atoms with Gasteiger partial charge in [-0.2, -0.15) is 0 Å². The summed E-state index contributed by atoms with van der Waals surface area (Å²) < 4.78 is 0. The normalized spacial score (nSPS) is 49.8. The van der Waals surface area contributed by atoms with Crippen LogP contribution in [0.5, 0.6) is 0 Å². The fourth-order valence-electron chi connectivity index (χ4n) is 5.73. The lowest BCUT2D eigenvalue weighted by atomic mass is 9.53. The van der Waals surface area contributed by atoms with E-state index in [1.54, 1.807) is 19.3 Å². The molecule has 1 N–H and O–H groups in total. The van der Waals surface area contributed by atoms with E-state index in [4.69, 9.17) is 0 Å². The molecule has 5 rings (SSSR count). The molecule has 100 valence electrons. The lowest BCUT2D eigenvalue weighted by Gasteiger charge is -2.57. The van der Waals surface area contributed by atoms with E-state index >= 15 is 0 Å². The second kappa shape index (κ2) is 4.37. The summed E-state index contributed by atoms with van der Waals surface area (Å²) in [5.74, 6) is 4.16. The van der Waals surface area contributed by atoms with Crippen LogP contribution in [0.1, 0.15) is 57.8 Å². The lowest BCUT2D eigenvalue weighted by Crippen LogP contribution is -2.59. The summed E-state index contributed by atoms with van der Waals surface area (Å²) in [4.78, 5) is 0. The number of nitrogens with one attached hydrogen (secondary N) is 1. The van der Waals surface area contributed by atoms with Crippen LogP contribution in [0.3, 0.4) is 0 Å². The molecule has 0 aromatic carbocycles. The van der Waals surface area contributed by atoms with Crippen molar-refractivity contribution in [3.63, 3.8) is 0 Å². The minimum atomic E-state index is 0.579. The van der Waals surface area contributed by atoms with Gasteiger partial charge in [-0.05, 0) is 88.0 Å². The van der Waals surface area contributed by atoms with E-state index in [9.17, 15) is 0 Å². The maximum absolute atomic E-state index is 4.06. The minimum Gasteiger partial charge on any atom is -0.311 e.